The van der Waals surface area contributed by atoms with E-state index in [9.17, 15) is 14.4 Å². The molecule has 2 amide bonds. The lowest BCUT2D eigenvalue weighted by Crippen LogP contribution is -2.41. The second kappa shape index (κ2) is 9.02. The molecule has 1 saturated carbocycles. The van der Waals surface area contributed by atoms with E-state index in [-0.39, 0.29) is 24.3 Å². The lowest BCUT2D eigenvalue weighted by Gasteiger charge is -2.19. The highest BCUT2D eigenvalue weighted by molar-refractivity contribution is 5.89. The quantitative estimate of drug-likeness (QED) is 0.744. The standard InChI is InChI=1S/C21H28N2O4/c1-15(20(25)22-18-9-5-6-10-18)27-21(26)17-13-19(24)23(14-17)12-11-16-7-3-2-4-8-16/h2-4,7-8,15,17-18H,5-6,9-14H2,1H3,(H,22,25)/t15-,17-/m1/s1. The first kappa shape index (κ1) is 19.4. The molecule has 2 aliphatic rings. The van der Waals surface area contributed by atoms with Gasteiger partial charge in [0.15, 0.2) is 6.10 Å². The molecule has 0 bridgehead atoms. The highest BCUT2D eigenvalue weighted by Crippen LogP contribution is 2.21. The van der Waals surface area contributed by atoms with Crippen LogP contribution in [0.4, 0.5) is 0 Å². The van der Waals surface area contributed by atoms with Crippen LogP contribution in [0, 0.1) is 5.92 Å². The Morgan fingerprint density at radius 3 is 2.63 bits per heavy atom. The molecule has 6 heteroatoms. The van der Waals surface area contributed by atoms with E-state index < -0.39 is 18.0 Å². The lowest BCUT2D eigenvalue weighted by atomic mass is 10.1. The summed E-state index contributed by atoms with van der Waals surface area (Å²) < 4.78 is 5.34. The van der Waals surface area contributed by atoms with Gasteiger partial charge < -0.3 is 15.0 Å². The Hall–Kier alpha value is -2.37. The van der Waals surface area contributed by atoms with Crippen molar-refractivity contribution in [2.45, 2.75) is 57.6 Å². The van der Waals surface area contributed by atoms with Crippen LogP contribution in [0.15, 0.2) is 30.3 Å². The van der Waals surface area contributed by atoms with Gasteiger partial charge in [0.1, 0.15) is 0 Å². The van der Waals surface area contributed by atoms with Crippen LogP contribution < -0.4 is 5.32 Å². The second-order valence-corrected chi connectivity index (χ2v) is 7.55. The summed E-state index contributed by atoms with van der Waals surface area (Å²) in [5, 5.41) is 2.94. The van der Waals surface area contributed by atoms with Crippen LogP contribution in [0.1, 0.15) is 44.6 Å². The van der Waals surface area contributed by atoms with Crippen molar-refractivity contribution in [1.29, 1.82) is 0 Å². The van der Waals surface area contributed by atoms with Gasteiger partial charge in [-0.3, -0.25) is 14.4 Å². The number of ether oxygens (including phenoxy) is 1. The monoisotopic (exact) mass is 372 g/mol. The molecule has 146 valence electrons. The van der Waals surface area contributed by atoms with Crippen molar-refractivity contribution in [1.82, 2.24) is 10.2 Å². The number of rotatable bonds is 7. The fourth-order valence-electron chi connectivity index (χ4n) is 3.77. The molecule has 0 unspecified atom stereocenters. The van der Waals surface area contributed by atoms with E-state index in [0.717, 1.165) is 37.7 Å². The number of likely N-dealkylation sites (tertiary alicyclic amines) is 1. The average molecular weight is 372 g/mol. The fourth-order valence-corrected chi connectivity index (χ4v) is 3.77. The molecule has 2 fully saturated rings. The predicted octanol–water partition coefficient (Wildman–Crippen LogP) is 2.07. The maximum Gasteiger partial charge on any atom is 0.312 e. The van der Waals surface area contributed by atoms with E-state index in [1.165, 1.54) is 0 Å². The summed E-state index contributed by atoms with van der Waals surface area (Å²) in [6, 6.07) is 10.1. The summed E-state index contributed by atoms with van der Waals surface area (Å²) in [4.78, 5) is 38.5. The number of carbonyl (C=O) groups is 3. The maximum atomic E-state index is 12.4. The zero-order valence-electron chi connectivity index (χ0n) is 15.9. The van der Waals surface area contributed by atoms with Gasteiger partial charge in [-0.15, -0.1) is 0 Å². The van der Waals surface area contributed by atoms with Gasteiger partial charge in [-0.2, -0.15) is 0 Å². The molecule has 1 aliphatic carbocycles. The summed E-state index contributed by atoms with van der Waals surface area (Å²) in [5.74, 6) is -1.23. The number of hydrogen-bond donors (Lipinski definition) is 1. The molecule has 1 aromatic carbocycles. The molecule has 3 rings (SSSR count). The molecule has 0 aromatic heterocycles. The minimum absolute atomic E-state index is 0.0315. The summed E-state index contributed by atoms with van der Waals surface area (Å²) in [6.45, 7) is 2.54. The summed E-state index contributed by atoms with van der Waals surface area (Å²) >= 11 is 0. The summed E-state index contributed by atoms with van der Waals surface area (Å²) in [6.07, 6.45) is 4.31. The van der Waals surface area contributed by atoms with Crippen LogP contribution in [0.5, 0.6) is 0 Å². The van der Waals surface area contributed by atoms with Crippen molar-refractivity contribution in [3.05, 3.63) is 35.9 Å². The Labute approximate surface area is 160 Å². The third kappa shape index (κ3) is 5.31. The third-order valence-electron chi connectivity index (χ3n) is 5.42. The molecule has 1 aromatic rings. The largest absolute Gasteiger partial charge is 0.452 e. The van der Waals surface area contributed by atoms with Crippen LogP contribution in [-0.2, 0) is 25.5 Å². The van der Waals surface area contributed by atoms with Gasteiger partial charge in [0, 0.05) is 25.6 Å². The van der Waals surface area contributed by atoms with Gasteiger partial charge >= 0.3 is 5.97 Å². The van der Waals surface area contributed by atoms with Gasteiger partial charge in [0.25, 0.3) is 5.91 Å². The van der Waals surface area contributed by atoms with Crippen molar-refractivity contribution < 1.29 is 19.1 Å². The van der Waals surface area contributed by atoms with E-state index in [2.05, 4.69) is 5.32 Å². The van der Waals surface area contributed by atoms with Gasteiger partial charge in [-0.05, 0) is 31.7 Å². The Bertz CT molecular complexity index is 670. The maximum absolute atomic E-state index is 12.4. The smallest absolute Gasteiger partial charge is 0.312 e. The molecule has 0 radical (unpaired) electrons. The molecule has 2 atom stereocenters. The Morgan fingerprint density at radius 2 is 1.93 bits per heavy atom. The molecule has 27 heavy (non-hydrogen) atoms. The molecule has 1 N–H and O–H groups in total. The van der Waals surface area contributed by atoms with Crippen molar-refractivity contribution in [3.8, 4) is 0 Å². The number of carbonyl (C=O) groups excluding carboxylic acids is 3. The average Bonchev–Trinajstić information content (AvgIpc) is 3.30. The highest BCUT2D eigenvalue weighted by atomic mass is 16.5. The van der Waals surface area contributed by atoms with Gasteiger partial charge in [-0.25, -0.2) is 0 Å². The Morgan fingerprint density at radius 1 is 1.22 bits per heavy atom. The van der Waals surface area contributed by atoms with Gasteiger partial charge in [0.05, 0.1) is 5.92 Å². The Kier molecular flexibility index (Phi) is 6.48. The molecule has 1 heterocycles. The first-order valence-electron chi connectivity index (χ1n) is 9.85. The van der Waals surface area contributed by atoms with Crippen molar-refractivity contribution in [3.63, 3.8) is 0 Å². The van der Waals surface area contributed by atoms with Crippen LogP contribution in [-0.4, -0.2) is 47.9 Å². The molecule has 0 spiro atoms. The second-order valence-electron chi connectivity index (χ2n) is 7.55. The number of nitrogens with one attached hydrogen (secondary N) is 1. The van der Waals surface area contributed by atoms with Crippen LogP contribution in [0.2, 0.25) is 0 Å². The van der Waals surface area contributed by atoms with E-state index >= 15 is 0 Å². The van der Waals surface area contributed by atoms with E-state index in [1.54, 1.807) is 11.8 Å². The molecule has 1 saturated heterocycles. The summed E-state index contributed by atoms with van der Waals surface area (Å²) in [5.41, 5.74) is 1.16. The van der Waals surface area contributed by atoms with E-state index in [0.29, 0.717) is 13.1 Å². The Balaban J connectivity index is 1.44. The van der Waals surface area contributed by atoms with E-state index in [1.807, 2.05) is 30.3 Å². The molecule has 6 nitrogen and oxygen atoms in total. The van der Waals surface area contributed by atoms with Crippen molar-refractivity contribution >= 4 is 17.8 Å². The molecular weight excluding hydrogens is 344 g/mol. The van der Waals surface area contributed by atoms with Crippen LogP contribution >= 0.6 is 0 Å². The number of nitrogens with zero attached hydrogens (tertiary/aromatic N) is 1. The van der Waals surface area contributed by atoms with Gasteiger partial charge in [0.2, 0.25) is 5.91 Å². The minimum Gasteiger partial charge on any atom is -0.452 e. The lowest BCUT2D eigenvalue weighted by molar-refractivity contribution is -0.158. The minimum atomic E-state index is -0.827. The zero-order valence-corrected chi connectivity index (χ0v) is 15.9. The normalized spacial score (nSPS) is 21.3. The molecule has 1 aliphatic heterocycles. The SMILES string of the molecule is C[C@@H](OC(=O)[C@@H]1CC(=O)N(CCc2ccccc2)C1)C(=O)NC1CCCC1. The zero-order chi connectivity index (χ0) is 19.2. The third-order valence-corrected chi connectivity index (χ3v) is 5.42. The number of hydrogen-bond acceptors (Lipinski definition) is 4. The van der Waals surface area contributed by atoms with Crippen molar-refractivity contribution in [2.75, 3.05) is 13.1 Å². The van der Waals surface area contributed by atoms with E-state index in [4.69, 9.17) is 4.74 Å². The predicted molar refractivity (Wildman–Crippen MR) is 101 cm³/mol. The highest BCUT2D eigenvalue weighted by Gasteiger charge is 2.36. The van der Waals surface area contributed by atoms with Crippen LogP contribution in [0.3, 0.4) is 0 Å². The number of esters is 1. The number of amides is 2. The number of benzene rings is 1. The first-order chi connectivity index (χ1) is 13.0. The van der Waals surface area contributed by atoms with Crippen molar-refractivity contribution in [2.24, 2.45) is 5.92 Å². The first-order valence-corrected chi connectivity index (χ1v) is 9.85. The fraction of sp³-hybridized carbons (Fsp3) is 0.571. The molecular formula is C21H28N2O4. The topological polar surface area (TPSA) is 75.7 Å². The van der Waals surface area contributed by atoms with Crippen LogP contribution in [0.25, 0.3) is 0 Å². The van der Waals surface area contributed by atoms with Gasteiger partial charge in [-0.1, -0.05) is 43.2 Å². The summed E-state index contributed by atoms with van der Waals surface area (Å²) in [7, 11) is 0.